The van der Waals surface area contributed by atoms with Crippen molar-refractivity contribution in [2.45, 2.75) is 95.9 Å². The summed E-state index contributed by atoms with van der Waals surface area (Å²) in [6.45, 7) is 2.68. The molecule has 3 amide bonds. The van der Waals surface area contributed by atoms with E-state index in [1.807, 2.05) is 0 Å². The third-order valence-corrected chi connectivity index (χ3v) is 5.98. The fraction of sp³-hybridized carbons (Fsp3) is 0.857. The predicted molar refractivity (Wildman–Crippen MR) is 106 cm³/mol. The van der Waals surface area contributed by atoms with E-state index in [0.29, 0.717) is 31.7 Å². The van der Waals surface area contributed by atoms with E-state index in [1.165, 1.54) is 19.3 Å². The maximum absolute atomic E-state index is 12.7. The number of rotatable bonds is 9. The molecule has 2 fully saturated rings. The summed E-state index contributed by atoms with van der Waals surface area (Å²) in [5, 5.41) is 8.67. The molecule has 6 nitrogen and oxygen atoms in total. The largest absolute Gasteiger partial charge is 0.354 e. The second-order valence-electron chi connectivity index (χ2n) is 8.29. The van der Waals surface area contributed by atoms with Gasteiger partial charge < -0.3 is 16.0 Å². The van der Waals surface area contributed by atoms with Gasteiger partial charge in [-0.25, -0.2) is 0 Å². The van der Waals surface area contributed by atoms with Crippen molar-refractivity contribution in [2.24, 2.45) is 5.92 Å². The van der Waals surface area contributed by atoms with Crippen LogP contribution in [0.3, 0.4) is 0 Å². The van der Waals surface area contributed by atoms with Gasteiger partial charge in [0.05, 0.1) is 6.54 Å². The summed E-state index contributed by atoms with van der Waals surface area (Å²) in [6, 6.07) is 0. The highest BCUT2D eigenvalue weighted by Crippen LogP contribution is 2.28. The summed E-state index contributed by atoms with van der Waals surface area (Å²) in [4.78, 5) is 37.3. The van der Waals surface area contributed by atoms with Crippen molar-refractivity contribution >= 4 is 17.7 Å². The molecule has 2 aliphatic rings. The van der Waals surface area contributed by atoms with Gasteiger partial charge in [-0.2, -0.15) is 0 Å². The summed E-state index contributed by atoms with van der Waals surface area (Å²) in [5.41, 5.74) is -0.808. The highest BCUT2D eigenvalue weighted by molar-refractivity contribution is 5.93. The topological polar surface area (TPSA) is 87.3 Å². The summed E-state index contributed by atoms with van der Waals surface area (Å²) < 4.78 is 0. The lowest BCUT2D eigenvalue weighted by Crippen LogP contribution is -2.61. The van der Waals surface area contributed by atoms with Crippen LogP contribution in [0.1, 0.15) is 90.4 Å². The van der Waals surface area contributed by atoms with E-state index in [0.717, 1.165) is 44.9 Å². The zero-order chi connectivity index (χ0) is 19.5. The molecule has 27 heavy (non-hydrogen) atoms. The van der Waals surface area contributed by atoms with Crippen LogP contribution in [0.5, 0.6) is 0 Å². The van der Waals surface area contributed by atoms with E-state index < -0.39 is 5.54 Å². The van der Waals surface area contributed by atoms with Gasteiger partial charge in [0.15, 0.2) is 0 Å². The highest BCUT2D eigenvalue weighted by atomic mass is 16.2. The minimum Gasteiger partial charge on any atom is -0.354 e. The van der Waals surface area contributed by atoms with E-state index in [1.54, 1.807) is 0 Å². The molecule has 0 heterocycles. The number of carbonyl (C=O) groups is 3. The zero-order valence-corrected chi connectivity index (χ0v) is 16.9. The first-order chi connectivity index (χ1) is 13.1. The molecular formula is C21H37N3O3. The Bertz CT molecular complexity index is 495. The number of carbonyl (C=O) groups excluding carboxylic acids is 3. The van der Waals surface area contributed by atoms with Crippen LogP contribution in [0.15, 0.2) is 0 Å². The van der Waals surface area contributed by atoms with Gasteiger partial charge in [-0.15, -0.1) is 0 Å². The predicted octanol–water partition coefficient (Wildman–Crippen LogP) is 2.81. The average Bonchev–Trinajstić information content (AvgIpc) is 2.68. The standard InChI is InChI=1S/C21H37N3O3/c1-2-3-14-22-20(27)21(12-8-5-9-13-21)24-19(26)16-23-18(25)15-17-10-6-4-7-11-17/h17H,2-16H2,1H3,(H,22,27)(H,23,25)(H,24,26). The highest BCUT2D eigenvalue weighted by Gasteiger charge is 2.40. The first-order valence-electron chi connectivity index (χ1n) is 10.9. The van der Waals surface area contributed by atoms with Crippen molar-refractivity contribution in [1.82, 2.24) is 16.0 Å². The molecule has 0 unspecified atom stereocenters. The molecule has 0 aromatic heterocycles. The van der Waals surface area contributed by atoms with Crippen LogP contribution in [-0.2, 0) is 14.4 Å². The molecule has 0 spiro atoms. The van der Waals surface area contributed by atoms with Crippen LogP contribution < -0.4 is 16.0 Å². The average molecular weight is 380 g/mol. The number of nitrogens with one attached hydrogen (secondary N) is 3. The lowest BCUT2D eigenvalue weighted by atomic mass is 9.80. The van der Waals surface area contributed by atoms with Crippen LogP contribution in [0.25, 0.3) is 0 Å². The molecule has 3 N–H and O–H groups in total. The molecule has 154 valence electrons. The van der Waals surface area contributed by atoms with Gasteiger partial charge in [0.2, 0.25) is 17.7 Å². The van der Waals surface area contributed by atoms with E-state index in [2.05, 4.69) is 22.9 Å². The lowest BCUT2D eigenvalue weighted by Gasteiger charge is -2.36. The van der Waals surface area contributed by atoms with Crippen LogP contribution in [0, 0.1) is 5.92 Å². The summed E-state index contributed by atoms with van der Waals surface area (Å²) >= 11 is 0. The van der Waals surface area contributed by atoms with Gasteiger partial charge in [-0.3, -0.25) is 14.4 Å². The van der Waals surface area contributed by atoms with E-state index in [-0.39, 0.29) is 24.3 Å². The molecule has 6 heteroatoms. The van der Waals surface area contributed by atoms with E-state index in [9.17, 15) is 14.4 Å². The Hall–Kier alpha value is -1.59. The van der Waals surface area contributed by atoms with Crippen LogP contribution in [0.2, 0.25) is 0 Å². The fourth-order valence-electron chi connectivity index (χ4n) is 4.33. The minimum atomic E-state index is -0.808. The molecule has 0 bridgehead atoms. The van der Waals surface area contributed by atoms with E-state index >= 15 is 0 Å². The Morgan fingerprint density at radius 3 is 2.22 bits per heavy atom. The first-order valence-corrected chi connectivity index (χ1v) is 10.9. The van der Waals surface area contributed by atoms with Crippen LogP contribution in [0.4, 0.5) is 0 Å². The molecule has 0 aromatic rings. The van der Waals surface area contributed by atoms with Crippen molar-refractivity contribution in [3.8, 4) is 0 Å². The molecule has 0 saturated heterocycles. The van der Waals surface area contributed by atoms with Gasteiger partial charge in [0.1, 0.15) is 5.54 Å². The first kappa shape index (κ1) is 21.7. The Morgan fingerprint density at radius 1 is 0.889 bits per heavy atom. The third-order valence-electron chi connectivity index (χ3n) is 5.98. The number of amides is 3. The number of hydrogen-bond acceptors (Lipinski definition) is 3. The van der Waals surface area contributed by atoms with Gasteiger partial charge in [0.25, 0.3) is 0 Å². The van der Waals surface area contributed by atoms with Crippen molar-refractivity contribution in [1.29, 1.82) is 0 Å². The molecule has 2 rings (SSSR count). The van der Waals surface area contributed by atoms with Crippen molar-refractivity contribution in [3.05, 3.63) is 0 Å². The maximum atomic E-state index is 12.7. The number of hydrogen-bond donors (Lipinski definition) is 3. The van der Waals surface area contributed by atoms with Crippen LogP contribution >= 0.6 is 0 Å². The van der Waals surface area contributed by atoms with Gasteiger partial charge >= 0.3 is 0 Å². The van der Waals surface area contributed by atoms with Gasteiger partial charge in [-0.1, -0.05) is 51.9 Å². The molecule has 0 aliphatic heterocycles. The van der Waals surface area contributed by atoms with Gasteiger partial charge in [-0.05, 0) is 38.0 Å². The Morgan fingerprint density at radius 2 is 1.56 bits per heavy atom. The molecule has 2 saturated carbocycles. The smallest absolute Gasteiger partial charge is 0.245 e. The zero-order valence-electron chi connectivity index (χ0n) is 16.9. The Labute approximate surface area is 163 Å². The number of unbranched alkanes of at least 4 members (excludes halogenated alkanes) is 1. The molecule has 0 atom stereocenters. The SMILES string of the molecule is CCCCNC(=O)C1(NC(=O)CNC(=O)CC2CCCCC2)CCCCC1. The monoisotopic (exact) mass is 379 g/mol. The molecular weight excluding hydrogens is 342 g/mol. The molecule has 2 aliphatic carbocycles. The minimum absolute atomic E-state index is 0.0461. The van der Waals surface area contributed by atoms with Crippen molar-refractivity contribution < 1.29 is 14.4 Å². The third kappa shape index (κ3) is 7.15. The summed E-state index contributed by atoms with van der Waals surface area (Å²) in [5.74, 6) is 0.0649. The Kier molecular flexibility index (Phi) is 9.08. The normalized spacial score (nSPS) is 19.9. The maximum Gasteiger partial charge on any atom is 0.245 e. The summed E-state index contributed by atoms with van der Waals surface area (Å²) in [7, 11) is 0. The lowest BCUT2D eigenvalue weighted by molar-refractivity contribution is -0.135. The Balaban J connectivity index is 1.80. The van der Waals surface area contributed by atoms with Crippen molar-refractivity contribution in [2.75, 3.05) is 13.1 Å². The molecule has 0 radical (unpaired) electrons. The quantitative estimate of drug-likeness (QED) is 0.538. The summed E-state index contributed by atoms with van der Waals surface area (Å²) in [6.07, 6.45) is 12.7. The van der Waals surface area contributed by atoms with Crippen molar-refractivity contribution in [3.63, 3.8) is 0 Å². The second kappa shape index (κ2) is 11.3. The molecule has 0 aromatic carbocycles. The van der Waals surface area contributed by atoms with Crippen LogP contribution in [-0.4, -0.2) is 36.3 Å². The fourth-order valence-corrected chi connectivity index (χ4v) is 4.33. The van der Waals surface area contributed by atoms with E-state index in [4.69, 9.17) is 0 Å². The second-order valence-corrected chi connectivity index (χ2v) is 8.29. The van der Waals surface area contributed by atoms with Gasteiger partial charge in [0, 0.05) is 13.0 Å².